The molecule has 2 aromatic carbocycles. The molecule has 0 fully saturated rings. The highest BCUT2D eigenvalue weighted by atomic mass is 79.9. The zero-order chi connectivity index (χ0) is 17.5. The summed E-state index contributed by atoms with van der Waals surface area (Å²) >= 11 is 3.40. The van der Waals surface area contributed by atoms with E-state index in [1.54, 1.807) is 24.3 Å². The van der Waals surface area contributed by atoms with Crippen molar-refractivity contribution in [3.63, 3.8) is 0 Å². The molecule has 0 radical (unpaired) electrons. The molecule has 0 aliphatic rings. The Hall–Kier alpha value is -2.14. The van der Waals surface area contributed by atoms with E-state index in [-0.39, 0.29) is 24.3 Å². The highest BCUT2D eigenvalue weighted by Crippen LogP contribution is 2.19. The lowest BCUT2D eigenvalue weighted by atomic mass is 10.0. The maximum absolute atomic E-state index is 12.1. The minimum absolute atomic E-state index is 0.0359. The summed E-state index contributed by atoms with van der Waals surface area (Å²) in [5.41, 5.74) is 1.61. The van der Waals surface area contributed by atoms with Gasteiger partial charge in [-0.3, -0.25) is 9.59 Å². The molecule has 0 spiro atoms. The van der Waals surface area contributed by atoms with Gasteiger partial charge in [-0.2, -0.15) is 0 Å². The van der Waals surface area contributed by atoms with E-state index in [1.807, 2.05) is 31.2 Å². The molecule has 4 nitrogen and oxygen atoms in total. The van der Waals surface area contributed by atoms with Gasteiger partial charge in [0.2, 0.25) is 0 Å². The molecule has 2 rings (SSSR count). The minimum Gasteiger partial charge on any atom is -0.484 e. The fourth-order valence-corrected chi connectivity index (χ4v) is 2.57. The average molecular weight is 390 g/mol. The van der Waals surface area contributed by atoms with Crippen LogP contribution in [0.2, 0.25) is 0 Å². The number of Topliss-reactive ketones (excluding diaryl/α,β-unsaturated/α-hetero) is 1. The van der Waals surface area contributed by atoms with Crippen LogP contribution in [0.15, 0.2) is 53.0 Å². The number of benzene rings is 2. The van der Waals surface area contributed by atoms with Crippen LogP contribution >= 0.6 is 15.9 Å². The van der Waals surface area contributed by atoms with E-state index in [9.17, 15) is 9.59 Å². The molecule has 126 valence electrons. The summed E-state index contributed by atoms with van der Waals surface area (Å²) in [5, 5.41) is 2.96. The number of ketones is 1. The molecule has 1 N–H and O–H groups in total. The number of rotatable bonds is 7. The Kier molecular flexibility index (Phi) is 6.55. The third-order valence-corrected chi connectivity index (χ3v) is 4.15. The van der Waals surface area contributed by atoms with Crippen molar-refractivity contribution in [1.82, 2.24) is 5.32 Å². The fourth-order valence-electron chi connectivity index (χ4n) is 2.31. The predicted molar refractivity (Wildman–Crippen MR) is 97.3 cm³/mol. The molecule has 24 heavy (non-hydrogen) atoms. The monoisotopic (exact) mass is 389 g/mol. The maximum atomic E-state index is 12.1. The molecule has 5 heteroatoms. The Bertz CT molecular complexity index is 713. The van der Waals surface area contributed by atoms with Crippen LogP contribution in [0.3, 0.4) is 0 Å². The first-order valence-corrected chi connectivity index (χ1v) is 8.57. The van der Waals surface area contributed by atoms with E-state index in [1.165, 1.54) is 6.92 Å². The first-order chi connectivity index (χ1) is 11.5. The lowest BCUT2D eigenvalue weighted by Gasteiger charge is -2.18. The summed E-state index contributed by atoms with van der Waals surface area (Å²) in [4.78, 5) is 23.5. The lowest BCUT2D eigenvalue weighted by Crippen LogP contribution is -2.32. The lowest BCUT2D eigenvalue weighted by molar-refractivity contribution is -0.123. The molecule has 1 amide bonds. The van der Waals surface area contributed by atoms with Crippen LogP contribution in [0.5, 0.6) is 5.75 Å². The Morgan fingerprint density at radius 2 is 1.88 bits per heavy atom. The third-order valence-electron chi connectivity index (χ3n) is 3.63. The minimum atomic E-state index is -0.196. The van der Waals surface area contributed by atoms with Gasteiger partial charge in [0.1, 0.15) is 5.75 Å². The number of carbonyl (C=O) groups excluding carboxylic acids is 2. The van der Waals surface area contributed by atoms with E-state index < -0.39 is 0 Å². The van der Waals surface area contributed by atoms with Gasteiger partial charge in [-0.15, -0.1) is 0 Å². The molecule has 0 saturated carbocycles. The molecule has 0 aromatic heterocycles. The smallest absolute Gasteiger partial charge is 0.258 e. The van der Waals surface area contributed by atoms with E-state index in [2.05, 4.69) is 21.2 Å². The van der Waals surface area contributed by atoms with Gasteiger partial charge in [-0.05, 0) is 43.2 Å². The molecular weight excluding hydrogens is 370 g/mol. The molecular formula is C19H20BrNO3. The second-order valence-corrected chi connectivity index (χ2v) is 6.37. The van der Waals surface area contributed by atoms with E-state index in [4.69, 9.17) is 4.74 Å². The fraction of sp³-hybridized carbons (Fsp3) is 0.263. The number of nitrogens with one attached hydrogen (secondary N) is 1. The van der Waals surface area contributed by atoms with Crippen LogP contribution in [-0.4, -0.2) is 18.3 Å². The zero-order valence-electron chi connectivity index (χ0n) is 13.7. The average Bonchev–Trinajstić information content (AvgIpc) is 2.59. The molecule has 0 saturated heterocycles. The van der Waals surface area contributed by atoms with Crippen LogP contribution in [0, 0.1) is 0 Å². The second kappa shape index (κ2) is 8.64. The number of carbonyl (C=O) groups is 2. The molecule has 0 heterocycles. The maximum Gasteiger partial charge on any atom is 0.258 e. The van der Waals surface area contributed by atoms with Gasteiger partial charge >= 0.3 is 0 Å². The van der Waals surface area contributed by atoms with Crippen LogP contribution in [0.1, 0.15) is 42.2 Å². The van der Waals surface area contributed by atoms with Crippen LogP contribution in [0.25, 0.3) is 0 Å². The normalized spacial score (nSPS) is 11.6. The third kappa shape index (κ3) is 5.20. The van der Waals surface area contributed by atoms with Crippen molar-refractivity contribution < 1.29 is 14.3 Å². The largest absolute Gasteiger partial charge is 0.484 e. The summed E-state index contributed by atoms with van der Waals surface area (Å²) < 4.78 is 6.49. The summed E-state index contributed by atoms with van der Waals surface area (Å²) in [6, 6.07) is 14.6. The van der Waals surface area contributed by atoms with Crippen molar-refractivity contribution in [3.8, 4) is 5.75 Å². The van der Waals surface area contributed by atoms with E-state index in [0.29, 0.717) is 11.3 Å². The quantitative estimate of drug-likeness (QED) is 0.718. The van der Waals surface area contributed by atoms with Gasteiger partial charge in [0.05, 0.1) is 6.04 Å². The van der Waals surface area contributed by atoms with Gasteiger partial charge in [0.25, 0.3) is 5.91 Å². The highest BCUT2D eigenvalue weighted by Gasteiger charge is 2.13. The standard InChI is InChI=1S/C19H20BrNO3/c1-3-18(14-7-9-16(20)10-8-14)21-19(23)12-24-17-6-4-5-15(11-17)13(2)22/h4-11,18H,3,12H2,1-2H3,(H,21,23). The predicted octanol–water partition coefficient (Wildman–Crippen LogP) is 4.30. The van der Waals surface area contributed by atoms with Crippen molar-refractivity contribution in [1.29, 1.82) is 0 Å². The van der Waals surface area contributed by atoms with E-state index >= 15 is 0 Å². The van der Waals surface area contributed by atoms with Gasteiger partial charge < -0.3 is 10.1 Å². The van der Waals surface area contributed by atoms with Crippen molar-refractivity contribution in [2.45, 2.75) is 26.3 Å². The number of hydrogen-bond acceptors (Lipinski definition) is 3. The molecule has 0 aliphatic carbocycles. The number of halogens is 1. The number of ether oxygens (including phenoxy) is 1. The molecule has 2 aromatic rings. The molecule has 1 unspecified atom stereocenters. The molecule has 1 atom stereocenters. The molecule has 0 bridgehead atoms. The van der Waals surface area contributed by atoms with Crippen LogP contribution in [-0.2, 0) is 4.79 Å². The van der Waals surface area contributed by atoms with Crippen molar-refractivity contribution in [3.05, 3.63) is 64.1 Å². The van der Waals surface area contributed by atoms with Crippen molar-refractivity contribution >= 4 is 27.6 Å². The summed E-state index contributed by atoms with van der Waals surface area (Å²) in [6.45, 7) is 3.43. The van der Waals surface area contributed by atoms with Crippen LogP contribution in [0.4, 0.5) is 0 Å². The Labute approximate surface area is 150 Å². The second-order valence-electron chi connectivity index (χ2n) is 5.45. The summed E-state index contributed by atoms with van der Waals surface area (Å²) in [6.07, 6.45) is 0.785. The van der Waals surface area contributed by atoms with Gasteiger partial charge in [-0.1, -0.05) is 47.1 Å². The Morgan fingerprint density at radius 1 is 1.17 bits per heavy atom. The van der Waals surface area contributed by atoms with Gasteiger partial charge in [0.15, 0.2) is 12.4 Å². The SMILES string of the molecule is CCC(NC(=O)COc1cccc(C(C)=O)c1)c1ccc(Br)cc1. The summed E-state index contributed by atoms with van der Waals surface area (Å²) in [5.74, 6) is 0.277. The molecule has 0 aliphatic heterocycles. The first-order valence-electron chi connectivity index (χ1n) is 7.78. The first kappa shape index (κ1) is 18.2. The Balaban J connectivity index is 1.93. The van der Waals surface area contributed by atoms with Crippen molar-refractivity contribution in [2.24, 2.45) is 0 Å². The van der Waals surface area contributed by atoms with E-state index in [0.717, 1.165) is 16.5 Å². The number of hydrogen-bond donors (Lipinski definition) is 1. The van der Waals surface area contributed by atoms with Crippen LogP contribution < -0.4 is 10.1 Å². The van der Waals surface area contributed by atoms with Crippen molar-refractivity contribution in [2.75, 3.05) is 6.61 Å². The zero-order valence-corrected chi connectivity index (χ0v) is 15.3. The van der Waals surface area contributed by atoms with Gasteiger partial charge in [0, 0.05) is 10.0 Å². The summed E-state index contributed by atoms with van der Waals surface area (Å²) in [7, 11) is 0. The highest BCUT2D eigenvalue weighted by molar-refractivity contribution is 9.10. The Morgan fingerprint density at radius 3 is 2.50 bits per heavy atom. The number of amides is 1. The topological polar surface area (TPSA) is 55.4 Å². The van der Waals surface area contributed by atoms with Gasteiger partial charge in [-0.25, -0.2) is 0 Å².